The van der Waals surface area contributed by atoms with Gasteiger partial charge in [0.25, 0.3) is 0 Å². The van der Waals surface area contributed by atoms with Crippen LogP contribution in [0.2, 0.25) is 0 Å². The summed E-state index contributed by atoms with van der Waals surface area (Å²) >= 11 is 0. The highest BCUT2D eigenvalue weighted by molar-refractivity contribution is 5.97. The third-order valence-electron chi connectivity index (χ3n) is 2.57. The number of benzene rings is 1. The monoisotopic (exact) mass is 273 g/mol. The first-order valence-corrected chi connectivity index (χ1v) is 6.73. The van der Waals surface area contributed by atoms with Crippen molar-refractivity contribution in [2.75, 3.05) is 13.2 Å². The Morgan fingerprint density at radius 1 is 1.30 bits per heavy atom. The summed E-state index contributed by atoms with van der Waals surface area (Å²) in [5.41, 5.74) is 0.754. The lowest BCUT2D eigenvalue weighted by Gasteiger charge is -2.05. The highest BCUT2D eigenvalue weighted by atomic mass is 16.5. The lowest BCUT2D eigenvalue weighted by molar-refractivity contribution is -0.137. The van der Waals surface area contributed by atoms with E-state index >= 15 is 0 Å². The predicted molar refractivity (Wildman–Crippen MR) is 77.1 cm³/mol. The van der Waals surface area contributed by atoms with E-state index in [1.54, 1.807) is 19.1 Å². The molecule has 0 saturated carbocycles. The van der Waals surface area contributed by atoms with Crippen LogP contribution in [0, 0.1) is 11.3 Å². The Morgan fingerprint density at radius 2 is 2.00 bits per heavy atom. The van der Waals surface area contributed by atoms with Gasteiger partial charge in [0.05, 0.1) is 13.2 Å². The van der Waals surface area contributed by atoms with Gasteiger partial charge < -0.3 is 9.47 Å². The summed E-state index contributed by atoms with van der Waals surface area (Å²) in [5, 5.41) is 8.94. The number of nitrogens with zero attached hydrogens (tertiary/aromatic N) is 1. The van der Waals surface area contributed by atoms with Gasteiger partial charge in [-0.2, -0.15) is 5.26 Å². The van der Waals surface area contributed by atoms with Crippen LogP contribution >= 0.6 is 0 Å². The Labute approximate surface area is 119 Å². The van der Waals surface area contributed by atoms with E-state index in [-0.39, 0.29) is 12.2 Å². The molecule has 106 valence electrons. The second-order valence-electron chi connectivity index (χ2n) is 4.16. The van der Waals surface area contributed by atoms with E-state index in [2.05, 4.69) is 6.92 Å². The van der Waals surface area contributed by atoms with Crippen molar-refractivity contribution in [3.63, 3.8) is 0 Å². The molecule has 0 aromatic heterocycles. The summed E-state index contributed by atoms with van der Waals surface area (Å²) in [7, 11) is 0. The third kappa shape index (κ3) is 5.15. The minimum Gasteiger partial charge on any atom is -0.494 e. The number of unbranched alkanes of at least 4 members (excludes halogenated alkanes) is 1. The second-order valence-corrected chi connectivity index (χ2v) is 4.16. The molecule has 0 atom stereocenters. The summed E-state index contributed by atoms with van der Waals surface area (Å²) in [6.07, 6.45) is 3.61. The third-order valence-corrected chi connectivity index (χ3v) is 2.57. The smallest absolute Gasteiger partial charge is 0.348 e. The van der Waals surface area contributed by atoms with Gasteiger partial charge in [-0.15, -0.1) is 0 Å². The fourth-order valence-corrected chi connectivity index (χ4v) is 1.51. The van der Waals surface area contributed by atoms with Crippen LogP contribution in [0.4, 0.5) is 0 Å². The average Bonchev–Trinajstić information content (AvgIpc) is 2.46. The van der Waals surface area contributed by atoms with Crippen LogP contribution in [0.15, 0.2) is 29.8 Å². The summed E-state index contributed by atoms with van der Waals surface area (Å²) in [5.74, 6) is 0.184. The topological polar surface area (TPSA) is 59.3 Å². The number of carbonyl (C=O) groups excluding carboxylic acids is 1. The molecule has 4 heteroatoms. The molecule has 0 heterocycles. The molecule has 0 fully saturated rings. The second kappa shape index (κ2) is 8.76. The van der Waals surface area contributed by atoms with Crippen molar-refractivity contribution >= 4 is 12.0 Å². The van der Waals surface area contributed by atoms with Crippen molar-refractivity contribution in [2.24, 2.45) is 0 Å². The molecule has 0 aliphatic heterocycles. The van der Waals surface area contributed by atoms with Crippen molar-refractivity contribution in [1.82, 2.24) is 0 Å². The van der Waals surface area contributed by atoms with E-state index in [4.69, 9.17) is 14.7 Å². The summed E-state index contributed by atoms with van der Waals surface area (Å²) in [4.78, 5) is 11.5. The number of ether oxygens (including phenoxy) is 2. The number of esters is 1. The molecule has 0 amide bonds. The lowest BCUT2D eigenvalue weighted by atomic mass is 10.1. The molecule has 0 bridgehead atoms. The first kappa shape index (κ1) is 15.8. The van der Waals surface area contributed by atoms with Crippen LogP contribution in [0.3, 0.4) is 0 Å². The standard InChI is InChI=1S/C16H19NO3/c1-3-5-10-20-15-8-6-13(7-9-15)11-14(12-17)16(18)19-4-2/h6-9,11H,3-5,10H2,1-2H3. The maximum Gasteiger partial charge on any atom is 0.348 e. The van der Waals surface area contributed by atoms with Crippen molar-refractivity contribution < 1.29 is 14.3 Å². The van der Waals surface area contributed by atoms with Gasteiger partial charge in [-0.1, -0.05) is 25.5 Å². The number of carbonyl (C=O) groups is 1. The van der Waals surface area contributed by atoms with E-state index in [1.807, 2.05) is 18.2 Å². The summed E-state index contributed by atoms with van der Waals surface area (Å²) < 4.78 is 10.3. The Balaban J connectivity index is 2.72. The van der Waals surface area contributed by atoms with Gasteiger partial charge in [-0.3, -0.25) is 0 Å². The fraction of sp³-hybridized carbons (Fsp3) is 0.375. The molecular formula is C16H19NO3. The largest absolute Gasteiger partial charge is 0.494 e. The van der Waals surface area contributed by atoms with Crippen LogP contribution in [-0.2, 0) is 9.53 Å². The molecule has 0 unspecified atom stereocenters. The maximum absolute atomic E-state index is 11.5. The fourth-order valence-electron chi connectivity index (χ4n) is 1.51. The maximum atomic E-state index is 11.5. The van der Waals surface area contributed by atoms with Gasteiger partial charge in [0, 0.05) is 0 Å². The highest BCUT2D eigenvalue weighted by Gasteiger charge is 2.09. The highest BCUT2D eigenvalue weighted by Crippen LogP contribution is 2.15. The van der Waals surface area contributed by atoms with Crippen LogP contribution in [0.5, 0.6) is 5.75 Å². The first-order valence-electron chi connectivity index (χ1n) is 6.73. The number of hydrogen-bond donors (Lipinski definition) is 0. The molecule has 0 radical (unpaired) electrons. The van der Waals surface area contributed by atoms with Gasteiger partial charge in [-0.05, 0) is 37.1 Å². The number of nitriles is 1. The normalized spacial score (nSPS) is 10.8. The molecule has 0 saturated heterocycles. The zero-order valence-corrected chi connectivity index (χ0v) is 11.9. The zero-order chi connectivity index (χ0) is 14.8. The molecule has 20 heavy (non-hydrogen) atoms. The predicted octanol–water partition coefficient (Wildman–Crippen LogP) is 3.34. The Kier molecular flexibility index (Phi) is 6.91. The summed E-state index contributed by atoms with van der Waals surface area (Å²) in [6.45, 7) is 4.76. The lowest BCUT2D eigenvalue weighted by Crippen LogP contribution is -2.05. The minimum absolute atomic E-state index is 0.00787. The van der Waals surface area contributed by atoms with E-state index in [0.29, 0.717) is 6.61 Å². The number of rotatable bonds is 7. The Morgan fingerprint density at radius 3 is 2.55 bits per heavy atom. The Hall–Kier alpha value is -2.28. The van der Waals surface area contributed by atoms with E-state index < -0.39 is 5.97 Å². The van der Waals surface area contributed by atoms with Gasteiger partial charge in [0.15, 0.2) is 0 Å². The van der Waals surface area contributed by atoms with E-state index in [0.717, 1.165) is 24.2 Å². The minimum atomic E-state index is -0.599. The van der Waals surface area contributed by atoms with Gasteiger partial charge in [0.2, 0.25) is 0 Å². The zero-order valence-electron chi connectivity index (χ0n) is 11.9. The van der Waals surface area contributed by atoms with Gasteiger partial charge in [0.1, 0.15) is 17.4 Å². The molecule has 0 aliphatic carbocycles. The number of hydrogen-bond acceptors (Lipinski definition) is 4. The van der Waals surface area contributed by atoms with Crippen LogP contribution < -0.4 is 4.74 Å². The van der Waals surface area contributed by atoms with Crippen molar-refractivity contribution in [3.8, 4) is 11.8 Å². The molecule has 0 spiro atoms. The summed E-state index contributed by atoms with van der Waals surface area (Å²) in [6, 6.07) is 9.10. The van der Waals surface area contributed by atoms with Crippen LogP contribution in [0.1, 0.15) is 32.3 Å². The Bertz CT molecular complexity index is 497. The molecule has 1 aromatic rings. The molecular weight excluding hydrogens is 254 g/mol. The van der Waals surface area contributed by atoms with Crippen molar-refractivity contribution in [1.29, 1.82) is 5.26 Å². The van der Waals surface area contributed by atoms with E-state index in [1.165, 1.54) is 6.08 Å². The van der Waals surface area contributed by atoms with Gasteiger partial charge >= 0.3 is 5.97 Å². The van der Waals surface area contributed by atoms with Crippen molar-refractivity contribution in [3.05, 3.63) is 35.4 Å². The van der Waals surface area contributed by atoms with Crippen molar-refractivity contribution in [2.45, 2.75) is 26.7 Å². The average molecular weight is 273 g/mol. The van der Waals surface area contributed by atoms with Crippen LogP contribution in [0.25, 0.3) is 6.08 Å². The molecule has 1 aromatic carbocycles. The molecule has 4 nitrogen and oxygen atoms in total. The molecule has 0 aliphatic rings. The molecule has 0 N–H and O–H groups in total. The SMILES string of the molecule is CCCCOc1ccc(C=C(C#N)C(=O)OCC)cc1. The van der Waals surface area contributed by atoms with Gasteiger partial charge in [-0.25, -0.2) is 4.79 Å². The molecule has 1 rings (SSSR count). The van der Waals surface area contributed by atoms with Crippen LogP contribution in [-0.4, -0.2) is 19.2 Å². The first-order chi connectivity index (χ1) is 9.71. The quantitative estimate of drug-likeness (QED) is 0.331. The van der Waals surface area contributed by atoms with E-state index in [9.17, 15) is 4.79 Å².